The molecule has 2 rings (SSSR count). The van der Waals surface area contributed by atoms with Crippen LogP contribution in [0.5, 0.6) is 0 Å². The Morgan fingerprint density at radius 1 is 1.31 bits per heavy atom. The Hall–Kier alpha value is -1.59. The first kappa shape index (κ1) is 10.9. The van der Waals surface area contributed by atoms with Gasteiger partial charge in [-0.15, -0.1) is 5.10 Å². The molecule has 0 N–H and O–H groups in total. The zero-order valence-electron chi connectivity index (χ0n) is 9.33. The summed E-state index contributed by atoms with van der Waals surface area (Å²) in [7, 11) is 0. The lowest BCUT2D eigenvalue weighted by Gasteiger charge is -2.07. The van der Waals surface area contributed by atoms with E-state index in [-0.39, 0.29) is 12.2 Å². The SMILES string of the molecule is CCC(F)(F)c1nc2nc(C)cc(C)n2n1. The summed E-state index contributed by atoms with van der Waals surface area (Å²) in [6.07, 6.45) is -0.318. The van der Waals surface area contributed by atoms with Crippen molar-refractivity contribution in [3.8, 4) is 0 Å². The monoisotopic (exact) mass is 226 g/mol. The summed E-state index contributed by atoms with van der Waals surface area (Å²) >= 11 is 0. The maximum Gasteiger partial charge on any atom is 0.308 e. The highest BCUT2D eigenvalue weighted by Crippen LogP contribution is 2.28. The van der Waals surface area contributed by atoms with E-state index in [1.807, 2.05) is 0 Å². The first-order valence-corrected chi connectivity index (χ1v) is 5.03. The first-order chi connectivity index (χ1) is 7.44. The summed E-state index contributed by atoms with van der Waals surface area (Å²) in [6.45, 7) is 4.97. The second-order valence-electron chi connectivity index (χ2n) is 3.74. The Morgan fingerprint density at radius 3 is 2.62 bits per heavy atom. The minimum Gasteiger partial charge on any atom is -0.216 e. The summed E-state index contributed by atoms with van der Waals surface area (Å²) in [5.74, 6) is -3.23. The van der Waals surface area contributed by atoms with Gasteiger partial charge in [-0.2, -0.15) is 13.8 Å². The molecule has 86 valence electrons. The van der Waals surface area contributed by atoms with Gasteiger partial charge < -0.3 is 0 Å². The molecule has 16 heavy (non-hydrogen) atoms. The van der Waals surface area contributed by atoms with Gasteiger partial charge in [0.1, 0.15) is 0 Å². The Kier molecular flexibility index (Phi) is 2.36. The fraction of sp³-hybridized carbons (Fsp3) is 0.500. The highest BCUT2D eigenvalue weighted by molar-refractivity contribution is 5.31. The van der Waals surface area contributed by atoms with Crippen molar-refractivity contribution in [2.45, 2.75) is 33.1 Å². The predicted molar refractivity (Wildman–Crippen MR) is 54.4 cm³/mol. The topological polar surface area (TPSA) is 43.1 Å². The maximum atomic E-state index is 13.4. The van der Waals surface area contributed by atoms with Crippen molar-refractivity contribution in [1.29, 1.82) is 0 Å². The van der Waals surface area contributed by atoms with Gasteiger partial charge in [0.05, 0.1) is 0 Å². The van der Waals surface area contributed by atoms with E-state index in [1.54, 1.807) is 19.9 Å². The molecule has 0 saturated heterocycles. The van der Waals surface area contributed by atoms with Crippen molar-refractivity contribution in [3.63, 3.8) is 0 Å². The Labute approximate surface area is 91.3 Å². The van der Waals surface area contributed by atoms with E-state index in [1.165, 1.54) is 11.4 Å². The van der Waals surface area contributed by atoms with E-state index in [0.29, 0.717) is 0 Å². The highest BCUT2D eigenvalue weighted by Gasteiger charge is 2.34. The molecule has 0 aliphatic rings. The Morgan fingerprint density at radius 2 is 2.00 bits per heavy atom. The average Bonchev–Trinajstić information content (AvgIpc) is 2.62. The van der Waals surface area contributed by atoms with Crippen LogP contribution < -0.4 is 0 Å². The van der Waals surface area contributed by atoms with Gasteiger partial charge >= 0.3 is 5.92 Å². The fourth-order valence-electron chi connectivity index (χ4n) is 1.48. The summed E-state index contributed by atoms with van der Waals surface area (Å²) in [4.78, 5) is 7.83. The molecule has 4 nitrogen and oxygen atoms in total. The normalized spacial score (nSPS) is 12.3. The Bertz CT molecular complexity index is 533. The quantitative estimate of drug-likeness (QED) is 0.788. The van der Waals surface area contributed by atoms with Gasteiger partial charge in [0.15, 0.2) is 0 Å². The second kappa shape index (κ2) is 3.47. The molecule has 0 fully saturated rings. The van der Waals surface area contributed by atoms with Gasteiger partial charge in [-0.3, -0.25) is 0 Å². The molecular weight excluding hydrogens is 214 g/mol. The van der Waals surface area contributed by atoms with Gasteiger partial charge in [-0.05, 0) is 19.9 Å². The van der Waals surface area contributed by atoms with Crippen LogP contribution in [0.15, 0.2) is 6.07 Å². The molecule has 2 heterocycles. The number of aromatic nitrogens is 4. The summed E-state index contributed by atoms with van der Waals surface area (Å²) < 4.78 is 28.1. The van der Waals surface area contributed by atoms with E-state index in [4.69, 9.17) is 0 Å². The van der Waals surface area contributed by atoms with Crippen LogP contribution in [0.1, 0.15) is 30.6 Å². The molecule has 0 amide bonds. The van der Waals surface area contributed by atoms with Gasteiger partial charge in [0, 0.05) is 17.8 Å². The van der Waals surface area contributed by atoms with E-state index in [0.717, 1.165) is 11.4 Å². The summed E-state index contributed by atoms with van der Waals surface area (Å²) in [5.41, 5.74) is 1.48. The molecule has 0 radical (unpaired) electrons. The molecule has 0 unspecified atom stereocenters. The molecule has 2 aromatic rings. The van der Waals surface area contributed by atoms with Crippen molar-refractivity contribution in [1.82, 2.24) is 19.6 Å². The molecule has 0 spiro atoms. The lowest BCUT2D eigenvalue weighted by atomic mass is 10.2. The van der Waals surface area contributed by atoms with Crippen LogP contribution >= 0.6 is 0 Å². The molecular formula is C10H12F2N4. The molecule has 0 atom stereocenters. The second-order valence-corrected chi connectivity index (χ2v) is 3.74. The van der Waals surface area contributed by atoms with Crippen LogP contribution in [0.2, 0.25) is 0 Å². The average molecular weight is 226 g/mol. The predicted octanol–water partition coefficient (Wildman–Crippen LogP) is 2.24. The minimum atomic E-state index is -2.99. The molecule has 0 aromatic carbocycles. The van der Waals surface area contributed by atoms with E-state index >= 15 is 0 Å². The molecule has 2 aromatic heterocycles. The summed E-state index contributed by atoms with van der Waals surface area (Å²) in [6, 6.07) is 1.77. The van der Waals surface area contributed by atoms with Crippen LogP contribution in [-0.4, -0.2) is 19.6 Å². The third kappa shape index (κ3) is 1.64. The minimum absolute atomic E-state index is 0.223. The standard InChI is InChI=1S/C10H12F2N4/c1-4-10(11,12)8-14-9-13-6(2)5-7(3)16(9)15-8/h5H,4H2,1-3H3. The highest BCUT2D eigenvalue weighted by atomic mass is 19.3. The van der Waals surface area contributed by atoms with Crippen LogP contribution in [-0.2, 0) is 5.92 Å². The van der Waals surface area contributed by atoms with Crippen LogP contribution in [0, 0.1) is 13.8 Å². The Balaban J connectivity index is 2.65. The van der Waals surface area contributed by atoms with E-state index in [2.05, 4.69) is 15.1 Å². The van der Waals surface area contributed by atoms with E-state index < -0.39 is 11.7 Å². The van der Waals surface area contributed by atoms with Crippen molar-refractivity contribution in [2.24, 2.45) is 0 Å². The van der Waals surface area contributed by atoms with Crippen molar-refractivity contribution >= 4 is 5.78 Å². The number of hydrogen-bond donors (Lipinski definition) is 0. The smallest absolute Gasteiger partial charge is 0.216 e. The van der Waals surface area contributed by atoms with E-state index in [9.17, 15) is 8.78 Å². The number of hydrogen-bond acceptors (Lipinski definition) is 3. The number of fused-ring (bicyclic) bond motifs is 1. The molecule has 0 saturated carbocycles. The molecule has 0 aliphatic heterocycles. The maximum absolute atomic E-state index is 13.4. The lowest BCUT2D eigenvalue weighted by Crippen LogP contribution is -2.14. The third-order valence-corrected chi connectivity index (χ3v) is 2.39. The summed E-state index contributed by atoms with van der Waals surface area (Å²) in [5, 5.41) is 3.79. The van der Waals surface area contributed by atoms with Crippen LogP contribution in [0.3, 0.4) is 0 Å². The largest absolute Gasteiger partial charge is 0.308 e. The number of alkyl halides is 2. The van der Waals surface area contributed by atoms with Gasteiger partial charge in [-0.25, -0.2) is 9.50 Å². The van der Waals surface area contributed by atoms with Crippen molar-refractivity contribution in [3.05, 3.63) is 23.3 Å². The van der Waals surface area contributed by atoms with Gasteiger partial charge in [0.25, 0.3) is 5.78 Å². The number of aryl methyl sites for hydroxylation is 2. The van der Waals surface area contributed by atoms with Crippen LogP contribution in [0.4, 0.5) is 8.78 Å². The van der Waals surface area contributed by atoms with Crippen molar-refractivity contribution in [2.75, 3.05) is 0 Å². The zero-order chi connectivity index (χ0) is 11.9. The molecule has 6 heteroatoms. The lowest BCUT2D eigenvalue weighted by molar-refractivity contribution is -0.0173. The molecule has 0 bridgehead atoms. The first-order valence-electron chi connectivity index (χ1n) is 5.03. The van der Waals surface area contributed by atoms with Gasteiger partial charge in [-0.1, -0.05) is 6.92 Å². The fourth-order valence-corrected chi connectivity index (χ4v) is 1.48. The van der Waals surface area contributed by atoms with Gasteiger partial charge in [0.2, 0.25) is 5.82 Å². The third-order valence-electron chi connectivity index (χ3n) is 2.39. The number of rotatable bonds is 2. The van der Waals surface area contributed by atoms with Crippen molar-refractivity contribution < 1.29 is 8.78 Å². The number of halogens is 2. The van der Waals surface area contributed by atoms with Crippen LogP contribution in [0.25, 0.3) is 5.78 Å². The zero-order valence-corrected chi connectivity index (χ0v) is 9.33. The molecule has 0 aliphatic carbocycles. The number of nitrogens with zero attached hydrogens (tertiary/aromatic N) is 4.